The van der Waals surface area contributed by atoms with Crippen LogP contribution in [0.4, 0.5) is 0 Å². The molecule has 0 aromatic heterocycles. The van der Waals surface area contributed by atoms with Gasteiger partial charge >= 0.3 is 0 Å². The third kappa shape index (κ3) is 2.57. The van der Waals surface area contributed by atoms with Gasteiger partial charge in [0.05, 0.1) is 5.25 Å². The highest BCUT2D eigenvalue weighted by Crippen LogP contribution is 2.30. The van der Waals surface area contributed by atoms with Crippen LogP contribution in [-0.4, -0.2) is 50.0 Å². The van der Waals surface area contributed by atoms with Crippen LogP contribution < -0.4 is 5.73 Å². The highest BCUT2D eigenvalue weighted by Gasteiger charge is 2.38. The van der Waals surface area contributed by atoms with E-state index in [0.29, 0.717) is 6.04 Å². The number of piperidine rings is 1. The fraction of sp³-hybridized carbons (Fsp3) is 1.00. The summed E-state index contributed by atoms with van der Waals surface area (Å²) >= 11 is 0. The second-order valence-electron chi connectivity index (χ2n) is 5.24. The lowest BCUT2D eigenvalue weighted by Gasteiger charge is -2.37. The molecule has 1 saturated heterocycles. The molecule has 1 heterocycles. The van der Waals surface area contributed by atoms with Crippen molar-refractivity contribution in [1.29, 1.82) is 0 Å². The predicted octanol–water partition coefficient (Wildman–Crippen LogP) is 0.375. The van der Waals surface area contributed by atoms with E-state index in [9.17, 15) is 8.42 Å². The lowest BCUT2D eigenvalue weighted by molar-refractivity contribution is 0.156. The van der Waals surface area contributed by atoms with Crippen LogP contribution in [0.1, 0.15) is 32.1 Å². The van der Waals surface area contributed by atoms with E-state index in [1.54, 1.807) is 0 Å². The average Bonchev–Trinajstić information content (AvgIpc) is 2.66. The van der Waals surface area contributed by atoms with Crippen LogP contribution in [0.3, 0.4) is 0 Å². The molecule has 2 fully saturated rings. The molecule has 0 aromatic rings. The molecule has 5 heteroatoms. The number of nitrogens with two attached hydrogens (primary N) is 1. The summed E-state index contributed by atoms with van der Waals surface area (Å²) in [6.07, 6.45) is 6.32. The minimum Gasteiger partial charge on any atom is -0.328 e. The molecule has 1 aliphatic carbocycles. The predicted molar refractivity (Wildman–Crippen MR) is 65.1 cm³/mol. The van der Waals surface area contributed by atoms with Crippen molar-refractivity contribution in [2.24, 2.45) is 5.73 Å². The monoisotopic (exact) mass is 246 g/mol. The lowest BCUT2D eigenvalue weighted by atomic mass is 10.0. The van der Waals surface area contributed by atoms with Crippen LogP contribution in [0, 0.1) is 0 Å². The Bertz CT molecular complexity index is 334. The first-order valence-electron chi connectivity index (χ1n) is 6.17. The van der Waals surface area contributed by atoms with Crippen LogP contribution in [0.2, 0.25) is 0 Å². The smallest absolute Gasteiger partial charge is 0.151 e. The van der Waals surface area contributed by atoms with Gasteiger partial charge in [0.2, 0.25) is 0 Å². The van der Waals surface area contributed by atoms with E-state index in [-0.39, 0.29) is 11.3 Å². The van der Waals surface area contributed by atoms with Gasteiger partial charge in [0, 0.05) is 18.3 Å². The molecule has 16 heavy (non-hydrogen) atoms. The van der Waals surface area contributed by atoms with E-state index < -0.39 is 9.84 Å². The second-order valence-corrected chi connectivity index (χ2v) is 7.50. The molecule has 0 spiro atoms. The standard InChI is InChI=1S/C11H22N2O2S/c1-16(14,15)11-4-2-3-10(11)13-7-5-9(12)6-8-13/h9-11H,2-8,12H2,1H3. The SMILES string of the molecule is CS(=O)(=O)C1CCCC1N1CCC(N)CC1. The molecule has 2 rings (SSSR count). The van der Waals surface area contributed by atoms with Crippen molar-refractivity contribution in [2.75, 3.05) is 19.3 Å². The Morgan fingerprint density at radius 2 is 1.75 bits per heavy atom. The van der Waals surface area contributed by atoms with Gasteiger partial charge in [-0.25, -0.2) is 8.42 Å². The first kappa shape index (κ1) is 12.3. The summed E-state index contributed by atoms with van der Waals surface area (Å²) in [5.74, 6) is 0. The van der Waals surface area contributed by atoms with E-state index in [1.807, 2.05) is 0 Å². The fourth-order valence-electron chi connectivity index (χ4n) is 3.07. The molecule has 0 aromatic carbocycles. The van der Waals surface area contributed by atoms with E-state index in [4.69, 9.17) is 5.73 Å². The maximum absolute atomic E-state index is 11.7. The molecule has 2 atom stereocenters. The van der Waals surface area contributed by atoms with Crippen LogP contribution in [0.25, 0.3) is 0 Å². The van der Waals surface area contributed by atoms with Crippen molar-refractivity contribution < 1.29 is 8.42 Å². The normalized spacial score (nSPS) is 34.4. The van der Waals surface area contributed by atoms with Gasteiger partial charge in [-0.2, -0.15) is 0 Å². The summed E-state index contributed by atoms with van der Waals surface area (Å²) in [5.41, 5.74) is 5.87. The summed E-state index contributed by atoms with van der Waals surface area (Å²) in [6.45, 7) is 1.94. The van der Waals surface area contributed by atoms with Crippen molar-refractivity contribution in [3.8, 4) is 0 Å². The summed E-state index contributed by atoms with van der Waals surface area (Å²) in [7, 11) is -2.89. The van der Waals surface area contributed by atoms with Crippen LogP contribution >= 0.6 is 0 Å². The van der Waals surface area contributed by atoms with Gasteiger partial charge in [-0.3, -0.25) is 4.90 Å². The Labute approximate surface area is 98.1 Å². The molecule has 2 aliphatic rings. The molecule has 0 amide bonds. The minimum atomic E-state index is -2.89. The van der Waals surface area contributed by atoms with E-state index in [1.165, 1.54) is 6.26 Å². The first-order chi connectivity index (χ1) is 7.48. The highest BCUT2D eigenvalue weighted by atomic mass is 32.2. The van der Waals surface area contributed by atoms with Gasteiger partial charge in [0.1, 0.15) is 0 Å². The van der Waals surface area contributed by atoms with Crippen molar-refractivity contribution in [3.05, 3.63) is 0 Å². The molecular formula is C11H22N2O2S. The number of hydrogen-bond acceptors (Lipinski definition) is 4. The Kier molecular flexibility index (Phi) is 3.56. The highest BCUT2D eigenvalue weighted by molar-refractivity contribution is 7.91. The minimum absolute atomic E-state index is 0.137. The van der Waals surface area contributed by atoms with Crippen molar-refractivity contribution in [3.63, 3.8) is 0 Å². The van der Waals surface area contributed by atoms with Crippen LogP contribution in [0.5, 0.6) is 0 Å². The molecule has 2 N–H and O–H groups in total. The largest absolute Gasteiger partial charge is 0.328 e. The van der Waals surface area contributed by atoms with Gasteiger partial charge < -0.3 is 5.73 Å². The van der Waals surface area contributed by atoms with Gasteiger partial charge in [-0.05, 0) is 38.8 Å². The molecule has 94 valence electrons. The maximum Gasteiger partial charge on any atom is 0.151 e. The summed E-state index contributed by atoms with van der Waals surface area (Å²) in [4.78, 5) is 2.35. The fourth-order valence-corrected chi connectivity index (χ4v) is 4.55. The van der Waals surface area contributed by atoms with E-state index >= 15 is 0 Å². The molecular weight excluding hydrogens is 224 g/mol. The van der Waals surface area contributed by atoms with Gasteiger partial charge in [0.15, 0.2) is 9.84 Å². The molecule has 2 unspecified atom stereocenters. The van der Waals surface area contributed by atoms with Crippen molar-refractivity contribution in [1.82, 2.24) is 4.90 Å². The zero-order chi connectivity index (χ0) is 11.8. The van der Waals surface area contributed by atoms with Crippen molar-refractivity contribution in [2.45, 2.75) is 49.4 Å². The Hall–Kier alpha value is -0.130. The summed E-state index contributed by atoms with van der Waals surface area (Å²) < 4.78 is 23.4. The van der Waals surface area contributed by atoms with E-state index in [2.05, 4.69) is 4.90 Å². The number of rotatable bonds is 2. The first-order valence-corrected chi connectivity index (χ1v) is 8.12. The number of nitrogens with zero attached hydrogens (tertiary/aromatic N) is 1. The van der Waals surface area contributed by atoms with Gasteiger partial charge in [-0.15, -0.1) is 0 Å². The Morgan fingerprint density at radius 3 is 2.31 bits per heavy atom. The van der Waals surface area contributed by atoms with Crippen molar-refractivity contribution >= 4 is 9.84 Å². The van der Waals surface area contributed by atoms with Gasteiger partial charge in [-0.1, -0.05) is 6.42 Å². The lowest BCUT2D eigenvalue weighted by Crippen LogP contribution is -2.49. The number of sulfone groups is 1. The molecule has 0 radical (unpaired) electrons. The zero-order valence-electron chi connectivity index (χ0n) is 9.93. The van der Waals surface area contributed by atoms with Crippen LogP contribution in [-0.2, 0) is 9.84 Å². The third-order valence-electron chi connectivity index (χ3n) is 4.01. The zero-order valence-corrected chi connectivity index (χ0v) is 10.7. The Balaban J connectivity index is 2.03. The van der Waals surface area contributed by atoms with E-state index in [0.717, 1.165) is 45.2 Å². The third-order valence-corrected chi connectivity index (χ3v) is 5.66. The number of hydrogen-bond donors (Lipinski definition) is 1. The Morgan fingerprint density at radius 1 is 1.12 bits per heavy atom. The summed E-state index contributed by atoms with van der Waals surface area (Å²) in [5, 5.41) is -0.137. The quantitative estimate of drug-likeness (QED) is 0.765. The maximum atomic E-state index is 11.7. The molecule has 1 aliphatic heterocycles. The molecule has 0 bridgehead atoms. The molecule has 4 nitrogen and oxygen atoms in total. The second kappa shape index (κ2) is 4.63. The van der Waals surface area contributed by atoms with Gasteiger partial charge in [0.25, 0.3) is 0 Å². The molecule has 1 saturated carbocycles. The topological polar surface area (TPSA) is 63.4 Å². The van der Waals surface area contributed by atoms with Crippen LogP contribution in [0.15, 0.2) is 0 Å². The number of likely N-dealkylation sites (tertiary alicyclic amines) is 1. The average molecular weight is 246 g/mol. The summed E-state index contributed by atoms with van der Waals surface area (Å²) in [6, 6.07) is 0.567.